The molecule has 1 heterocycles. The first-order valence-corrected chi connectivity index (χ1v) is 12.5. The fraction of sp³-hybridized carbons (Fsp3) is 0.200. The molecule has 0 spiro atoms. The van der Waals surface area contributed by atoms with E-state index >= 15 is 0 Å². The topological polar surface area (TPSA) is 123 Å². The van der Waals surface area contributed by atoms with Gasteiger partial charge in [0.15, 0.2) is 0 Å². The van der Waals surface area contributed by atoms with Crippen molar-refractivity contribution < 1.29 is 24.2 Å². The maximum atomic E-state index is 12.8. The highest BCUT2D eigenvalue weighted by molar-refractivity contribution is 5.97. The molecule has 39 heavy (non-hydrogen) atoms. The van der Waals surface area contributed by atoms with E-state index in [4.69, 9.17) is 4.74 Å². The lowest BCUT2D eigenvalue weighted by Gasteiger charge is -2.15. The van der Waals surface area contributed by atoms with Crippen LogP contribution in [0.5, 0.6) is 0 Å². The van der Waals surface area contributed by atoms with Gasteiger partial charge >= 0.3 is 12.1 Å². The van der Waals surface area contributed by atoms with Crippen molar-refractivity contribution in [2.24, 2.45) is 7.05 Å². The van der Waals surface area contributed by atoms with Gasteiger partial charge in [-0.05, 0) is 37.1 Å². The highest BCUT2D eigenvalue weighted by Gasteiger charge is 2.22. The van der Waals surface area contributed by atoms with E-state index in [0.29, 0.717) is 22.5 Å². The van der Waals surface area contributed by atoms with Crippen molar-refractivity contribution in [3.05, 3.63) is 107 Å². The predicted octanol–water partition coefficient (Wildman–Crippen LogP) is 5.13. The van der Waals surface area contributed by atoms with Crippen LogP contribution in [0.25, 0.3) is 11.3 Å². The van der Waals surface area contributed by atoms with E-state index in [1.54, 1.807) is 42.9 Å². The van der Waals surface area contributed by atoms with Crippen LogP contribution in [0.15, 0.2) is 84.9 Å². The van der Waals surface area contributed by atoms with Crippen molar-refractivity contribution in [3.8, 4) is 11.3 Å². The molecule has 0 bridgehead atoms. The molecule has 0 aliphatic rings. The minimum Gasteiger partial charge on any atom is -0.480 e. The average molecular weight is 527 g/mol. The number of amides is 2. The second-order valence-corrected chi connectivity index (χ2v) is 9.15. The van der Waals surface area contributed by atoms with Crippen molar-refractivity contribution in [2.45, 2.75) is 32.4 Å². The van der Waals surface area contributed by atoms with Gasteiger partial charge in [0.05, 0.1) is 11.4 Å². The molecule has 0 radical (unpaired) electrons. The highest BCUT2D eigenvalue weighted by atomic mass is 16.6. The molecule has 0 saturated heterocycles. The number of anilines is 1. The van der Waals surface area contributed by atoms with Crippen molar-refractivity contribution in [1.29, 1.82) is 0 Å². The smallest absolute Gasteiger partial charge is 0.412 e. The second-order valence-electron chi connectivity index (χ2n) is 9.15. The van der Waals surface area contributed by atoms with Crippen molar-refractivity contribution >= 4 is 23.7 Å². The second kappa shape index (κ2) is 12.1. The SMILES string of the molecule is Cc1c(NC(=O)O[C@H](C)c2ccccc2)c(-c2ccc(C(=O)N[C@H](Cc3ccccc3)C(=O)O)cc2)nn1C. The highest BCUT2D eigenvalue weighted by Crippen LogP contribution is 2.30. The van der Waals surface area contributed by atoms with E-state index in [-0.39, 0.29) is 6.42 Å². The van der Waals surface area contributed by atoms with Gasteiger partial charge < -0.3 is 15.2 Å². The number of aliphatic carboxylic acids is 1. The van der Waals surface area contributed by atoms with Crippen LogP contribution < -0.4 is 10.6 Å². The van der Waals surface area contributed by atoms with Gasteiger partial charge in [0.2, 0.25) is 0 Å². The Balaban J connectivity index is 1.47. The zero-order valence-electron chi connectivity index (χ0n) is 21.9. The Bertz CT molecular complexity index is 1450. The number of carboxylic acid groups (broad SMARTS) is 1. The molecule has 3 aromatic carbocycles. The Kier molecular flexibility index (Phi) is 8.40. The number of ether oxygens (including phenoxy) is 1. The third kappa shape index (κ3) is 6.70. The number of hydrogen-bond acceptors (Lipinski definition) is 5. The standard InChI is InChI=1S/C30H30N4O5/c1-19-26(32-30(38)39-20(2)22-12-8-5-9-13-22)27(33-34(19)3)23-14-16-24(17-15-23)28(35)31-25(29(36)37)18-21-10-6-4-7-11-21/h4-17,20,25H,18H2,1-3H3,(H,31,35)(H,32,38)(H,36,37)/t20-,25-/m1/s1. The minimum absolute atomic E-state index is 0.168. The summed E-state index contributed by atoms with van der Waals surface area (Å²) in [7, 11) is 1.77. The maximum Gasteiger partial charge on any atom is 0.412 e. The molecule has 4 aromatic rings. The normalized spacial score (nSPS) is 12.3. The number of rotatable bonds is 9. The van der Waals surface area contributed by atoms with Crippen LogP contribution in [-0.2, 0) is 23.0 Å². The first kappa shape index (κ1) is 27.1. The molecule has 2 atom stereocenters. The third-order valence-corrected chi connectivity index (χ3v) is 6.42. The van der Waals surface area contributed by atoms with Gasteiger partial charge in [-0.1, -0.05) is 72.8 Å². The zero-order chi connectivity index (χ0) is 27.9. The first-order chi connectivity index (χ1) is 18.7. The Morgan fingerprint density at radius 1 is 0.949 bits per heavy atom. The van der Waals surface area contributed by atoms with E-state index in [0.717, 1.165) is 16.8 Å². The third-order valence-electron chi connectivity index (χ3n) is 6.42. The van der Waals surface area contributed by atoms with Gasteiger partial charge in [-0.15, -0.1) is 0 Å². The molecule has 9 nitrogen and oxygen atoms in total. The molecule has 0 aliphatic heterocycles. The molecular weight excluding hydrogens is 496 g/mol. The largest absolute Gasteiger partial charge is 0.480 e. The number of carboxylic acids is 1. The van der Waals surface area contributed by atoms with E-state index in [9.17, 15) is 19.5 Å². The summed E-state index contributed by atoms with van der Waals surface area (Å²) >= 11 is 0. The fourth-order valence-electron chi connectivity index (χ4n) is 4.11. The van der Waals surface area contributed by atoms with Crippen LogP contribution >= 0.6 is 0 Å². The fourth-order valence-corrected chi connectivity index (χ4v) is 4.11. The lowest BCUT2D eigenvalue weighted by molar-refractivity contribution is -0.139. The number of nitrogens with one attached hydrogen (secondary N) is 2. The van der Waals surface area contributed by atoms with Gasteiger partial charge in [0, 0.05) is 24.6 Å². The van der Waals surface area contributed by atoms with Crippen molar-refractivity contribution in [1.82, 2.24) is 15.1 Å². The van der Waals surface area contributed by atoms with E-state index < -0.39 is 30.1 Å². The van der Waals surface area contributed by atoms with Gasteiger partial charge in [-0.2, -0.15) is 5.10 Å². The Hall–Kier alpha value is -4.92. The van der Waals surface area contributed by atoms with E-state index in [1.807, 2.05) is 67.6 Å². The van der Waals surface area contributed by atoms with Crippen LogP contribution in [-0.4, -0.2) is 38.9 Å². The molecule has 4 rings (SSSR count). The summed E-state index contributed by atoms with van der Waals surface area (Å²) in [5, 5.41) is 19.5. The number of nitrogens with zero attached hydrogens (tertiary/aromatic N) is 2. The average Bonchev–Trinajstić information content (AvgIpc) is 3.22. The summed E-state index contributed by atoms with van der Waals surface area (Å²) in [6.07, 6.45) is -0.889. The first-order valence-electron chi connectivity index (χ1n) is 12.5. The quantitative estimate of drug-likeness (QED) is 0.278. The zero-order valence-corrected chi connectivity index (χ0v) is 21.9. The van der Waals surface area contributed by atoms with Crippen LogP contribution in [0.3, 0.4) is 0 Å². The number of carbonyl (C=O) groups is 3. The summed E-state index contributed by atoms with van der Waals surface area (Å²) in [5.41, 5.74) is 4.38. The molecule has 2 amide bonds. The molecule has 0 fully saturated rings. The van der Waals surface area contributed by atoms with Crippen LogP contribution in [0.4, 0.5) is 10.5 Å². The van der Waals surface area contributed by atoms with E-state index in [2.05, 4.69) is 15.7 Å². The molecule has 1 aromatic heterocycles. The number of aryl methyl sites for hydroxylation is 1. The van der Waals surface area contributed by atoms with Gasteiger partial charge in [-0.3, -0.25) is 14.8 Å². The van der Waals surface area contributed by atoms with Crippen molar-refractivity contribution in [2.75, 3.05) is 5.32 Å². The summed E-state index contributed by atoms with van der Waals surface area (Å²) < 4.78 is 7.20. The molecule has 200 valence electrons. The molecule has 3 N–H and O–H groups in total. The number of aromatic nitrogens is 2. The Morgan fingerprint density at radius 2 is 1.56 bits per heavy atom. The number of carbonyl (C=O) groups excluding carboxylic acids is 2. The predicted molar refractivity (Wildman–Crippen MR) is 147 cm³/mol. The lowest BCUT2D eigenvalue weighted by atomic mass is 10.0. The summed E-state index contributed by atoms with van der Waals surface area (Å²) in [5.74, 6) is -1.61. The molecule has 9 heteroatoms. The lowest BCUT2D eigenvalue weighted by Crippen LogP contribution is -2.42. The summed E-state index contributed by atoms with van der Waals surface area (Å²) in [6.45, 7) is 3.62. The van der Waals surface area contributed by atoms with E-state index in [1.165, 1.54) is 0 Å². The van der Waals surface area contributed by atoms with Crippen LogP contribution in [0.2, 0.25) is 0 Å². The molecule has 0 unspecified atom stereocenters. The van der Waals surface area contributed by atoms with Crippen LogP contribution in [0.1, 0.15) is 40.2 Å². The number of benzene rings is 3. The van der Waals surface area contributed by atoms with Crippen molar-refractivity contribution in [3.63, 3.8) is 0 Å². The summed E-state index contributed by atoms with van der Waals surface area (Å²) in [4.78, 5) is 37.3. The number of hydrogen-bond donors (Lipinski definition) is 3. The van der Waals surface area contributed by atoms with Gasteiger partial charge in [0.1, 0.15) is 17.8 Å². The Labute approximate surface area is 226 Å². The molecule has 0 aliphatic carbocycles. The molecular formula is C30H30N4O5. The van der Waals surface area contributed by atoms with Crippen LogP contribution in [0, 0.1) is 6.92 Å². The minimum atomic E-state index is -1.11. The monoisotopic (exact) mass is 526 g/mol. The maximum absolute atomic E-state index is 12.8. The molecule has 0 saturated carbocycles. The van der Waals surface area contributed by atoms with Gasteiger partial charge in [-0.25, -0.2) is 9.59 Å². The summed E-state index contributed by atoms with van der Waals surface area (Å²) in [6, 6.07) is 24.1. The Morgan fingerprint density at radius 3 is 2.18 bits per heavy atom. The van der Waals surface area contributed by atoms with Gasteiger partial charge in [0.25, 0.3) is 5.91 Å².